The first-order valence-electron chi connectivity index (χ1n) is 6.58. The third kappa shape index (κ3) is 4.11. The van der Waals surface area contributed by atoms with E-state index in [1.165, 1.54) is 30.6 Å². The minimum atomic E-state index is -0.391. The maximum absolute atomic E-state index is 12.9. The summed E-state index contributed by atoms with van der Waals surface area (Å²) in [5, 5.41) is 4.93. The summed E-state index contributed by atoms with van der Waals surface area (Å²) in [6.07, 6.45) is 0.0944. The molecule has 0 aliphatic rings. The Kier molecular flexibility index (Phi) is 5.21. The van der Waals surface area contributed by atoms with E-state index in [9.17, 15) is 14.0 Å². The van der Waals surface area contributed by atoms with Crippen molar-refractivity contribution in [2.24, 2.45) is 0 Å². The number of carbonyl (C=O) groups excluding carboxylic acids is 2. The number of rotatable bonds is 5. The number of ether oxygens (including phenoxy) is 1. The third-order valence-corrected chi connectivity index (χ3v) is 3.80. The number of aromatic nitrogens is 1. The number of amides is 1. The van der Waals surface area contributed by atoms with E-state index >= 15 is 0 Å². The van der Waals surface area contributed by atoms with Gasteiger partial charge in [0.05, 0.1) is 13.5 Å². The van der Waals surface area contributed by atoms with Crippen LogP contribution in [0.25, 0.3) is 10.6 Å². The van der Waals surface area contributed by atoms with Gasteiger partial charge in [0.2, 0.25) is 0 Å². The normalized spacial score (nSPS) is 11.8. The van der Waals surface area contributed by atoms with Crippen LogP contribution in [-0.4, -0.2) is 30.0 Å². The van der Waals surface area contributed by atoms with Crippen LogP contribution >= 0.6 is 11.3 Å². The maximum Gasteiger partial charge on any atom is 0.307 e. The van der Waals surface area contributed by atoms with Gasteiger partial charge in [0, 0.05) is 17.0 Å². The molecule has 1 amide bonds. The second-order valence-corrected chi connectivity index (χ2v) is 5.56. The van der Waals surface area contributed by atoms with Gasteiger partial charge >= 0.3 is 5.97 Å². The lowest BCUT2D eigenvalue weighted by Crippen LogP contribution is -2.34. The number of methoxy groups -OCH3 is 1. The Balaban J connectivity index is 2.03. The number of nitrogens with one attached hydrogen (secondary N) is 1. The molecule has 1 N–H and O–H groups in total. The summed E-state index contributed by atoms with van der Waals surface area (Å²) in [5.74, 6) is -1.07. The number of carbonyl (C=O) groups is 2. The van der Waals surface area contributed by atoms with Crippen molar-refractivity contribution in [1.82, 2.24) is 10.3 Å². The number of hydrogen-bond acceptors (Lipinski definition) is 5. The lowest BCUT2D eigenvalue weighted by Gasteiger charge is -2.11. The molecule has 1 aromatic carbocycles. The van der Waals surface area contributed by atoms with Crippen LogP contribution in [0.3, 0.4) is 0 Å². The maximum atomic E-state index is 12.9. The van der Waals surface area contributed by atoms with Gasteiger partial charge in [0.25, 0.3) is 5.91 Å². The van der Waals surface area contributed by atoms with Crippen molar-refractivity contribution < 1.29 is 18.7 Å². The summed E-state index contributed by atoms with van der Waals surface area (Å²) >= 11 is 1.30. The molecule has 0 saturated heterocycles. The van der Waals surface area contributed by atoms with Gasteiger partial charge < -0.3 is 10.1 Å². The Hall–Kier alpha value is -2.28. The molecule has 1 aromatic heterocycles. The van der Waals surface area contributed by atoms with Gasteiger partial charge in [-0.2, -0.15) is 0 Å². The molecule has 0 fully saturated rings. The average molecular weight is 322 g/mol. The zero-order valence-corrected chi connectivity index (χ0v) is 12.9. The van der Waals surface area contributed by atoms with E-state index < -0.39 is 5.97 Å². The predicted molar refractivity (Wildman–Crippen MR) is 81.1 cm³/mol. The fourth-order valence-electron chi connectivity index (χ4n) is 1.79. The zero-order valence-electron chi connectivity index (χ0n) is 12.1. The summed E-state index contributed by atoms with van der Waals surface area (Å²) in [5.41, 5.74) is 1.01. The van der Waals surface area contributed by atoms with Crippen molar-refractivity contribution in [3.63, 3.8) is 0 Å². The van der Waals surface area contributed by atoms with Crippen molar-refractivity contribution in [2.45, 2.75) is 19.4 Å². The fraction of sp³-hybridized carbons (Fsp3) is 0.267. The lowest BCUT2D eigenvalue weighted by molar-refractivity contribution is -0.141. The Morgan fingerprint density at radius 3 is 2.68 bits per heavy atom. The highest BCUT2D eigenvalue weighted by Crippen LogP contribution is 2.23. The summed E-state index contributed by atoms with van der Waals surface area (Å²) in [4.78, 5) is 27.4. The van der Waals surface area contributed by atoms with Gasteiger partial charge in [0.1, 0.15) is 16.5 Å². The van der Waals surface area contributed by atoms with E-state index in [1.54, 1.807) is 24.4 Å². The van der Waals surface area contributed by atoms with Gasteiger partial charge in [-0.25, -0.2) is 9.37 Å². The number of nitrogens with zero attached hydrogens (tertiary/aromatic N) is 1. The molecule has 0 aliphatic heterocycles. The second kappa shape index (κ2) is 7.13. The molecule has 22 heavy (non-hydrogen) atoms. The van der Waals surface area contributed by atoms with E-state index in [4.69, 9.17) is 0 Å². The van der Waals surface area contributed by atoms with Crippen LogP contribution in [0.2, 0.25) is 0 Å². The van der Waals surface area contributed by atoms with Crippen molar-refractivity contribution in [1.29, 1.82) is 0 Å². The van der Waals surface area contributed by atoms with Crippen molar-refractivity contribution in [2.75, 3.05) is 7.11 Å². The molecule has 0 spiro atoms. The topological polar surface area (TPSA) is 68.3 Å². The molecular formula is C15H15FN2O3S. The van der Waals surface area contributed by atoms with Crippen LogP contribution in [0.1, 0.15) is 23.8 Å². The molecule has 1 unspecified atom stereocenters. The number of benzene rings is 1. The van der Waals surface area contributed by atoms with Crippen molar-refractivity contribution >= 4 is 23.2 Å². The van der Waals surface area contributed by atoms with Crippen LogP contribution in [0, 0.1) is 5.82 Å². The highest BCUT2D eigenvalue weighted by Gasteiger charge is 2.16. The monoisotopic (exact) mass is 322 g/mol. The number of esters is 1. The molecule has 0 radical (unpaired) electrons. The first-order valence-corrected chi connectivity index (χ1v) is 7.46. The molecule has 5 nitrogen and oxygen atoms in total. The molecule has 7 heteroatoms. The highest BCUT2D eigenvalue weighted by molar-refractivity contribution is 7.13. The first-order chi connectivity index (χ1) is 10.5. The van der Waals surface area contributed by atoms with Gasteiger partial charge in [-0.15, -0.1) is 11.3 Å². The molecule has 2 rings (SSSR count). The van der Waals surface area contributed by atoms with Gasteiger partial charge in [-0.1, -0.05) is 0 Å². The molecule has 0 bridgehead atoms. The molecule has 0 saturated carbocycles. The molecule has 116 valence electrons. The smallest absolute Gasteiger partial charge is 0.307 e. The summed E-state index contributed by atoms with van der Waals surface area (Å²) in [6.45, 7) is 1.71. The predicted octanol–water partition coefficient (Wildman–Crippen LogP) is 2.63. The Morgan fingerprint density at radius 1 is 1.36 bits per heavy atom. The largest absolute Gasteiger partial charge is 0.469 e. The zero-order chi connectivity index (χ0) is 16.1. The van der Waals surface area contributed by atoms with E-state index in [0.29, 0.717) is 5.01 Å². The molecule has 2 aromatic rings. The van der Waals surface area contributed by atoms with Gasteiger partial charge in [-0.3, -0.25) is 9.59 Å². The Bertz CT molecular complexity index is 670. The van der Waals surface area contributed by atoms with E-state index in [1.807, 2.05) is 0 Å². The highest BCUT2D eigenvalue weighted by atomic mass is 32.1. The number of hydrogen-bond donors (Lipinski definition) is 1. The second-order valence-electron chi connectivity index (χ2n) is 4.70. The van der Waals surface area contributed by atoms with E-state index in [0.717, 1.165) is 5.56 Å². The SMILES string of the molecule is COC(=O)CC(C)NC(=O)c1csc(-c2ccc(F)cc2)n1. The van der Waals surface area contributed by atoms with Crippen molar-refractivity contribution in [3.8, 4) is 10.6 Å². The van der Waals surface area contributed by atoms with Crippen molar-refractivity contribution in [3.05, 3.63) is 41.2 Å². The summed E-state index contributed by atoms with van der Waals surface area (Å²) in [6, 6.07) is 5.55. The van der Waals surface area contributed by atoms with Gasteiger partial charge in [0.15, 0.2) is 0 Å². The average Bonchev–Trinajstić information content (AvgIpc) is 2.97. The minimum Gasteiger partial charge on any atom is -0.469 e. The molecule has 1 heterocycles. The lowest BCUT2D eigenvalue weighted by atomic mass is 10.2. The quantitative estimate of drug-likeness (QED) is 0.859. The van der Waals surface area contributed by atoms with Gasteiger partial charge in [-0.05, 0) is 31.2 Å². The van der Waals surface area contributed by atoms with E-state index in [2.05, 4.69) is 15.0 Å². The van der Waals surface area contributed by atoms with Crippen LogP contribution in [-0.2, 0) is 9.53 Å². The number of halogens is 1. The molecular weight excluding hydrogens is 307 g/mol. The number of thiazole rings is 1. The van der Waals surface area contributed by atoms with Crippen LogP contribution in [0.15, 0.2) is 29.6 Å². The molecule has 1 atom stereocenters. The fourth-order valence-corrected chi connectivity index (χ4v) is 2.59. The summed E-state index contributed by atoms with van der Waals surface area (Å²) in [7, 11) is 1.30. The third-order valence-electron chi connectivity index (χ3n) is 2.91. The first kappa shape index (κ1) is 16.1. The standard InChI is InChI=1S/C15H15FN2O3S/c1-9(7-13(19)21-2)17-14(20)12-8-22-15(18-12)10-3-5-11(16)6-4-10/h3-6,8-9H,7H2,1-2H3,(H,17,20). The Morgan fingerprint density at radius 2 is 2.05 bits per heavy atom. The molecule has 0 aliphatic carbocycles. The van der Waals surface area contributed by atoms with Crippen LogP contribution in [0.4, 0.5) is 4.39 Å². The van der Waals surface area contributed by atoms with E-state index in [-0.39, 0.29) is 29.9 Å². The van der Waals surface area contributed by atoms with Crippen LogP contribution in [0.5, 0.6) is 0 Å². The van der Waals surface area contributed by atoms with Crippen LogP contribution < -0.4 is 5.32 Å². The summed E-state index contributed by atoms with van der Waals surface area (Å²) < 4.78 is 17.4. The Labute approximate surface area is 131 Å². The minimum absolute atomic E-state index is 0.0944.